The summed E-state index contributed by atoms with van der Waals surface area (Å²) in [5.74, 6) is 3.23. The van der Waals surface area contributed by atoms with E-state index in [-0.39, 0.29) is 12.5 Å². The van der Waals surface area contributed by atoms with E-state index >= 15 is 0 Å². The Balaban J connectivity index is 1.70. The maximum Gasteiger partial charge on any atom is 0.259 e. The van der Waals surface area contributed by atoms with E-state index in [2.05, 4.69) is 11.2 Å². The topological polar surface area (TPSA) is 59.9 Å². The highest BCUT2D eigenvalue weighted by Gasteiger charge is 2.24. The fourth-order valence-corrected chi connectivity index (χ4v) is 5.76. The molecule has 5 nitrogen and oxygen atoms in total. The fourth-order valence-electron chi connectivity index (χ4n) is 4.26. The lowest BCUT2D eigenvalue weighted by Crippen LogP contribution is -2.14. The first-order chi connectivity index (χ1) is 17.6. The molecule has 0 saturated carbocycles. The number of para-hydroxylation sites is 1. The van der Waals surface area contributed by atoms with Gasteiger partial charge in [-0.25, -0.2) is 4.99 Å². The summed E-state index contributed by atoms with van der Waals surface area (Å²) in [6, 6.07) is 13.1. The van der Waals surface area contributed by atoms with Crippen molar-refractivity contribution in [2.24, 2.45) is 4.99 Å². The zero-order chi connectivity index (χ0) is 25.3. The van der Waals surface area contributed by atoms with E-state index in [1.807, 2.05) is 43.3 Å². The first kappa shape index (κ1) is 25.8. The van der Waals surface area contributed by atoms with E-state index in [0.717, 1.165) is 42.5 Å². The Bertz CT molecular complexity index is 1280. The van der Waals surface area contributed by atoms with Crippen LogP contribution in [0.1, 0.15) is 59.0 Å². The third-order valence-electron chi connectivity index (χ3n) is 5.87. The fraction of sp³-hybridized carbons (Fsp3) is 0.310. The number of terminal acetylenes is 1. The van der Waals surface area contributed by atoms with Gasteiger partial charge < -0.3 is 14.8 Å². The molecule has 1 N–H and O–H groups in total. The largest absolute Gasteiger partial charge is 0.490 e. The van der Waals surface area contributed by atoms with Gasteiger partial charge in [0.05, 0.1) is 17.2 Å². The number of hydrogen-bond donors (Lipinski definition) is 1. The zero-order valence-corrected chi connectivity index (χ0v) is 21.9. The second kappa shape index (κ2) is 12.6. The third-order valence-corrected chi connectivity index (χ3v) is 7.35. The highest BCUT2D eigenvalue weighted by molar-refractivity contribution is 7.16. The summed E-state index contributed by atoms with van der Waals surface area (Å²) in [6.45, 7) is 2.43. The molecule has 186 valence electrons. The number of carbonyl (C=O) groups is 1. The quantitative estimate of drug-likeness (QED) is 0.247. The second-order valence-corrected chi connectivity index (χ2v) is 9.92. The third kappa shape index (κ3) is 6.29. The standard InChI is InChI=1S/C29H29ClN2O3S/c1-3-16-35-27-23(30)17-20(18-24(27)34-4-2)19-31-29-26(28(33)32-21-12-8-7-9-13-21)22-14-10-5-6-11-15-25(22)36-29/h1,7-9,12-13,17-19H,4-6,10-11,14-16H2,2H3,(H,32,33). The normalized spacial score (nSPS) is 13.4. The van der Waals surface area contributed by atoms with Gasteiger partial charge in [-0.05, 0) is 68.0 Å². The number of nitrogens with one attached hydrogen (secondary N) is 1. The number of nitrogens with zero attached hydrogens (tertiary/aromatic N) is 1. The molecule has 36 heavy (non-hydrogen) atoms. The van der Waals surface area contributed by atoms with Crippen LogP contribution in [0.5, 0.6) is 11.5 Å². The van der Waals surface area contributed by atoms with Crippen LogP contribution >= 0.6 is 22.9 Å². The Morgan fingerprint density at radius 2 is 1.94 bits per heavy atom. The summed E-state index contributed by atoms with van der Waals surface area (Å²) < 4.78 is 11.3. The van der Waals surface area contributed by atoms with Crippen LogP contribution in [-0.4, -0.2) is 25.3 Å². The van der Waals surface area contributed by atoms with Gasteiger partial charge in [0.2, 0.25) is 0 Å². The highest BCUT2D eigenvalue weighted by Crippen LogP contribution is 2.40. The van der Waals surface area contributed by atoms with E-state index in [1.165, 1.54) is 17.7 Å². The number of amides is 1. The summed E-state index contributed by atoms with van der Waals surface area (Å²) in [5, 5.41) is 4.14. The molecule has 3 aromatic rings. The van der Waals surface area contributed by atoms with E-state index in [4.69, 9.17) is 32.5 Å². The molecule has 0 radical (unpaired) electrons. The van der Waals surface area contributed by atoms with Crippen molar-refractivity contribution in [3.05, 3.63) is 69.1 Å². The van der Waals surface area contributed by atoms with Crippen LogP contribution in [0.3, 0.4) is 0 Å². The molecule has 0 fully saturated rings. The summed E-state index contributed by atoms with van der Waals surface area (Å²) in [7, 11) is 0. The summed E-state index contributed by atoms with van der Waals surface area (Å²) in [6.07, 6.45) is 13.5. The molecule has 0 saturated heterocycles. The summed E-state index contributed by atoms with van der Waals surface area (Å²) in [5.41, 5.74) is 3.30. The van der Waals surface area contributed by atoms with Gasteiger partial charge in [-0.2, -0.15) is 0 Å². The molecule has 0 unspecified atom stereocenters. The Kier molecular flexibility index (Phi) is 9.05. The Morgan fingerprint density at radius 3 is 2.69 bits per heavy atom. The van der Waals surface area contributed by atoms with Crippen molar-refractivity contribution in [3.8, 4) is 23.8 Å². The van der Waals surface area contributed by atoms with Crippen molar-refractivity contribution in [2.75, 3.05) is 18.5 Å². The molecule has 0 aliphatic heterocycles. The van der Waals surface area contributed by atoms with Crippen LogP contribution < -0.4 is 14.8 Å². The smallest absolute Gasteiger partial charge is 0.259 e. The highest BCUT2D eigenvalue weighted by atomic mass is 35.5. The number of anilines is 1. The predicted molar refractivity (Wildman–Crippen MR) is 149 cm³/mol. The van der Waals surface area contributed by atoms with E-state index in [0.29, 0.717) is 33.7 Å². The minimum atomic E-state index is -0.127. The first-order valence-corrected chi connectivity index (χ1v) is 13.4. The van der Waals surface area contributed by atoms with Crippen LogP contribution in [0.25, 0.3) is 0 Å². The molecule has 1 amide bonds. The van der Waals surface area contributed by atoms with Gasteiger partial charge in [0, 0.05) is 16.8 Å². The minimum absolute atomic E-state index is 0.0911. The van der Waals surface area contributed by atoms with Crippen molar-refractivity contribution in [1.29, 1.82) is 0 Å². The Morgan fingerprint density at radius 1 is 1.17 bits per heavy atom. The van der Waals surface area contributed by atoms with Gasteiger partial charge in [0.25, 0.3) is 5.91 Å². The maximum absolute atomic E-state index is 13.5. The van der Waals surface area contributed by atoms with Gasteiger partial charge in [-0.1, -0.05) is 48.6 Å². The van der Waals surface area contributed by atoms with Gasteiger partial charge in [-0.3, -0.25) is 4.79 Å². The number of hydrogen-bond acceptors (Lipinski definition) is 5. The number of thiophene rings is 1. The SMILES string of the molecule is C#CCOc1c(Cl)cc(C=Nc2sc3c(c2C(=O)Nc2ccccc2)CCCCCC3)cc1OCC. The molecule has 1 heterocycles. The monoisotopic (exact) mass is 520 g/mol. The second-order valence-electron chi connectivity index (χ2n) is 8.43. The Labute approximate surface area is 221 Å². The molecule has 0 bridgehead atoms. The number of aliphatic imine (C=N–C) groups is 1. The molecular formula is C29H29ClN2O3S. The van der Waals surface area contributed by atoms with Gasteiger partial charge in [0.1, 0.15) is 11.6 Å². The predicted octanol–water partition coefficient (Wildman–Crippen LogP) is 7.47. The van der Waals surface area contributed by atoms with Crippen molar-refractivity contribution in [1.82, 2.24) is 0 Å². The number of aryl methyl sites for hydroxylation is 1. The number of benzene rings is 2. The van der Waals surface area contributed by atoms with E-state index in [9.17, 15) is 4.79 Å². The number of ether oxygens (including phenoxy) is 2. The van der Waals surface area contributed by atoms with Crippen LogP contribution in [0.15, 0.2) is 47.5 Å². The molecular weight excluding hydrogens is 492 g/mol. The summed E-state index contributed by atoms with van der Waals surface area (Å²) in [4.78, 5) is 19.5. The van der Waals surface area contributed by atoms with E-state index in [1.54, 1.807) is 23.6 Å². The number of halogens is 1. The molecule has 1 aromatic heterocycles. The number of carbonyl (C=O) groups excluding carboxylic acids is 1. The molecule has 2 aromatic carbocycles. The van der Waals surface area contributed by atoms with Crippen molar-refractivity contribution < 1.29 is 14.3 Å². The van der Waals surface area contributed by atoms with Crippen molar-refractivity contribution >= 4 is 45.7 Å². The lowest BCUT2D eigenvalue weighted by atomic mass is 9.96. The van der Waals surface area contributed by atoms with Crippen molar-refractivity contribution in [2.45, 2.75) is 45.4 Å². The molecule has 0 atom stereocenters. The maximum atomic E-state index is 13.5. The first-order valence-electron chi connectivity index (χ1n) is 12.2. The molecule has 1 aliphatic rings. The van der Waals surface area contributed by atoms with Crippen LogP contribution in [0.2, 0.25) is 5.02 Å². The molecule has 1 aliphatic carbocycles. The van der Waals surface area contributed by atoms with Crippen LogP contribution in [-0.2, 0) is 12.8 Å². The number of rotatable bonds is 8. The minimum Gasteiger partial charge on any atom is -0.490 e. The van der Waals surface area contributed by atoms with Crippen molar-refractivity contribution in [3.63, 3.8) is 0 Å². The zero-order valence-electron chi connectivity index (χ0n) is 20.3. The lowest BCUT2D eigenvalue weighted by Gasteiger charge is -2.13. The average Bonchev–Trinajstić information content (AvgIpc) is 3.19. The average molecular weight is 521 g/mol. The van der Waals surface area contributed by atoms with E-state index < -0.39 is 0 Å². The molecule has 0 spiro atoms. The van der Waals surface area contributed by atoms with Crippen LogP contribution in [0, 0.1) is 12.3 Å². The molecule has 7 heteroatoms. The van der Waals surface area contributed by atoms with Gasteiger partial charge in [0.15, 0.2) is 11.5 Å². The summed E-state index contributed by atoms with van der Waals surface area (Å²) >= 11 is 8.09. The van der Waals surface area contributed by atoms with Gasteiger partial charge in [-0.15, -0.1) is 17.8 Å². The van der Waals surface area contributed by atoms with Gasteiger partial charge >= 0.3 is 0 Å². The number of fused-ring (bicyclic) bond motifs is 1. The van der Waals surface area contributed by atoms with Crippen LogP contribution in [0.4, 0.5) is 10.7 Å². The lowest BCUT2D eigenvalue weighted by molar-refractivity contribution is 0.102. The Hall–Kier alpha value is -3.27. The molecule has 4 rings (SSSR count).